The third-order valence-corrected chi connectivity index (χ3v) is 2.75. The molecule has 0 aliphatic rings. The molecule has 0 amide bonds. The van der Waals surface area contributed by atoms with Gasteiger partial charge >= 0.3 is 6.01 Å². The Morgan fingerprint density at radius 3 is 2.95 bits per heavy atom. The van der Waals surface area contributed by atoms with Crippen molar-refractivity contribution >= 4 is 11.9 Å². The maximum atomic E-state index is 5.63. The number of imidazole rings is 1. The van der Waals surface area contributed by atoms with E-state index >= 15 is 0 Å². The number of aromatic nitrogens is 5. The van der Waals surface area contributed by atoms with Gasteiger partial charge in [-0.2, -0.15) is 15.0 Å². The summed E-state index contributed by atoms with van der Waals surface area (Å²) in [5.74, 6) is 0.619. The first-order valence-corrected chi connectivity index (χ1v) is 7.12. The molecular weight excluding hydrogens is 270 g/mol. The third-order valence-electron chi connectivity index (χ3n) is 2.75. The van der Waals surface area contributed by atoms with Crippen LogP contribution in [0.2, 0.25) is 0 Å². The van der Waals surface area contributed by atoms with Crippen LogP contribution < -0.4 is 15.8 Å². The molecule has 2 aromatic rings. The number of unbranched alkanes of at least 4 members (excludes halogenated alkanes) is 1. The molecule has 0 saturated heterocycles. The van der Waals surface area contributed by atoms with Gasteiger partial charge in [0.15, 0.2) is 0 Å². The summed E-state index contributed by atoms with van der Waals surface area (Å²) in [6.07, 6.45) is 8.49. The van der Waals surface area contributed by atoms with Crippen LogP contribution >= 0.6 is 0 Å². The molecule has 0 atom stereocenters. The van der Waals surface area contributed by atoms with Crippen molar-refractivity contribution < 1.29 is 4.74 Å². The average molecular weight is 291 g/mol. The average Bonchev–Trinajstić information content (AvgIpc) is 2.97. The fourth-order valence-corrected chi connectivity index (χ4v) is 1.75. The van der Waals surface area contributed by atoms with Gasteiger partial charge in [-0.15, -0.1) is 0 Å². The molecule has 0 aromatic carbocycles. The van der Waals surface area contributed by atoms with Crippen molar-refractivity contribution in [1.29, 1.82) is 0 Å². The van der Waals surface area contributed by atoms with E-state index in [4.69, 9.17) is 10.5 Å². The van der Waals surface area contributed by atoms with E-state index in [1.165, 1.54) is 0 Å². The summed E-state index contributed by atoms with van der Waals surface area (Å²) in [4.78, 5) is 16.1. The fraction of sp³-hybridized carbons (Fsp3) is 0.538. The lowest BCUT2D eigenvalue weighted by atomic mass is 10.3. The van der Waals surface area contributed by atoms with Crippen LogP contribution in [0, 0.1) is 0 Å². The van der Waals surface area contributed by atoms with Gasteiger partial charge in [0.25, 0.3) is 0 Å². The first kappa shape index (κ1) is 15.0. The predicted molar refractivity (Wildman–Crippen MR) is 80.0 cm³/mol. The summed E-state index contributed by atoms with van der Waals surface area (Å²) >= 11 is 0. The van der Waals surface area contributed by atoms with Crippen molar-refractivity contribution in [3.05, 3.63) is 18.7 Å². The molecule has 0 spiro atoms. The van der Waals surface area contributed by atoms with Crippen molar-refractivity contribution in [3.8, 4) is 6.01 Å². The summed E-state index contributed by atoms with van der Waals surface area (Å²) in [5.41, 5.74) is 5.63. The molecule has 0 saturated carbocycles. The topological polar surface area (TPSA) is 104 Å². The highest BCUT2D eigenvalue weighted by molar-refractivity contribution is 5.32. The zero-order chi connectivity index (χ0) is 14.9. The quantitative estimate of drug-likeness (QED) is 0.672. The minimum absolute atomic E-state index is 0.164. The number of nitrogens with two attached hydrogens (primary N) is 1. The number of anilines is 2. The molecule has 2 rings (SSSR count). The lowest BCUT2D eigenvalue weighted by Crippen LogP contribution is -2.11. The fourth-order valence-electron chi connectivity index (χ4n) is 1.75. The molecular formula is C13H21N7O. The standard InChI is InChI=1S/C13H21N7O/c1-2-9-21-13-18-11(14)17-12(19-13)16-5-3-4-7-20-8-6-15-10-20/h6,8,10H,2-5,7,9H2,1H3,(H3,14,16,17,18,19). The second-order valence-corrected chi connectivity index (χ2v) is 4.58. The number of ether oxygens (including phenoxy) is 1. The van der Waals surface area contributed by atoms with E-state index in [1.54, 1.807) is 6.20 Å². The van der Waals surface area contributed by atoms with Gasteiger partial charge in [0, 0.05) is 25.5 Å². The minimum atomic E-state index is 0.164. The molecule has 0 unspecified atom stereocenters. The molecule has 2 aromatic heterocycles. The van der Waals surface area contributed by atoms with E-state index < -0.39 is 0 Å². The molecule has 0 bridgehead atoms. The van der Waals surface area contributed by atoms with Crippen LogP contribution in [-0.4, -0.2) is 37.7 Å². The Balaban J connectivity index is 1.73. The second-order valence-electron chi connectivity index (χ2n) is 4.58. The van der Waals surface area contributed by atoms with Crippen LogP contribution in [-0.2, 0) is 6.54 Å². The molecule has 2 heterocycles. The predicted octanol–water partition coefficient (Wildman–Crippen LogP) is 1.33. The Morgan fingerprint density at radius 1 is 1.29 bits per heavy atom. The van der Waals surface area contributed by atoms with E-state index in [0.29, 0.717) is 12.6 Å². The molecule has 3 N–H and O–H groups in total. The van der Waals surface area contributed by atoms with E-state index in [2.05, 4.69) is 29.8 Å². The highest BCUT2D eigenvalue weighted by Crippen LogP contribution is 2.09. The Hall–Kier alpha value is -2.38. The highest BCUT2D eigenvalue weighted by atomic mass is 16.5. The van der Waals surface area contributed by atoms with Crippen LogP contribution in [0.1, 0.15) is 26.2 Å². The van der Waals surface area contributed by atoms with Crippen molar-refractivity contribution in [2.75, 3.05) is 24.2 Å². The van der Waals surface area contributed by atoms with Crippen molar-refractivity contribution in [1.82, 2.24) is 24.5 Å². The van der Waals surface area contributed by atoms with Gasteiger partial charge in [0.2, 0.25) is 11.9 Å². The monoisotopic (exact) mass is 291 g/mol. The molecule has 0 radical (unpaired) electrons. The first-order valence-electron chi connectivity index (χ1n) is 7.12. The summed E-state index contributed by atoms with van der Waals surface area (Å²) in [5, 5.41) is 3.14. The van der Waals surface area contributed by atoms with E-state index in [1.807, 2.05) is 19.4 Å². The molecule has 21 heavy (non-hydrogen) atoms. The Labute approximate surface area is 123 Å². The zero-order valence-corrected chi connectivity index (χ0v) is 12.2. The maximum Gasteiger partial charge on any atom is 0.323 e. The number of nitrogens with zero attached hydrogens (tertiary/aromatic N) is 5. The minimum Gasteiger partial charge on any atom is -0.463 e. The van der Waals surface area contributed by atoms with Gasteiger partial charge in [-0.3, -0.25) is 0 Å². The molecule has 8 nitrogen and oxygen atoms in total. The maximum absolute atomic E-state index is 5.63. The Morgan fingerprint density at radius 2 is 2.19 bits per heavy atom. The van der Waals surface area contributed by atoms with Crippen molar-refractivity contribution in [2.24, 2.45) is 0 Å². The van der Waals surface area contributed by atoms with E-state index in [0.717, 1.165) is 32.4 Å². The van der Waals surface area contributed by atoms with Crippen LogP contribution in [0.15, 0.2) is 18.7 Å². The van der Waals surface area contributed by atoms with Crippen molar-refractivity contribution in [3.63, 3.8) is 0 Å². The van der Waals surface area contributed by atoms with E-state index in [9.17, 15) is 0 Å². The number of rotatable bonds is 9. The van der Waals surface area contributed by atoms with Crippen LogP contribution in [0.25, 0.3) is 0 Å². The Bertz CT molecular complexity index is 529. The first-order chi connectivity index (χ1) is 10.3. The smallest absolute Gasteiger partial charge is 0.323 e. The van der Waals surface area contributed by atoms with Gasteiger partial charge in [0.1, 0.15) is 0 Å². The molecule has 0 aliphatic heterocycles. The third kappa shape index (κ3) is 5.25. The SMILES string of the molecule is CCCOc1nc(N)nc(NCCCCn2ccnc2)n1. The Kier molecular flexibility index (Phi) is 5.74. The molecule has 114 valence electrons. The summed E-state index contributed by atoms with van der Waals surface area (Å²) in [6, 6.07) is 0.269. The zero-order valence-electron chi connectivity index (χ0n) is 12.2. The highest BCUT2D eigenvalue weighted by Gasteiger charge is 2.04. The number of hydrogen-bond donors (Lipinski definition) is 2. The van der Waals surface area contributed by atoms with Gasteiger partial charge in [0.05, 0.1) is 12.9 Å². The molecule has 0 aliphatic carbocycles. The number of nitrogen functional groups attached to an aromatic ring is 1. The normalized spacial score (nSPS) is 10.5. The summed E-state index contributed by atoms with van der Waals surface area (Å²) in [6.45, 7) is 4.30. The van der Waals surface area contributed by atoms with Crippen LogP contribution in [0.3, 0.4) is 0 Å². The summed E-state index contributed by atoms with van der Waals surface area (Å²) in [7, 11) is 0. The van der Waals surface area contributed by atoms with Crippen LogP contribution in [0.5, 0.6) is 6.01 Å². The second kappa shape index (κ2) is 8.03. The largest absolute Gasteiger partial charge is 0.463 e. The molecule has 0 fully saturated rings. The molecule has 8 heteroatoms. The summed E-state index contributed by atoms with van der Waals surface area (Å²) < 4.78 is 7.41. The van der Waals surface area contributed by atoms with Gasteiger partial charge in [-0.25, -0.2) is 4.98 Å². The number of aryl methyl sites for hydroxylation is 1. The van der Waals surface area contributed by atoms with Gasteiger partial charge in [-0.05, 0) is 19.3 Å². The lowest BCUT2D eigenvalue weighted by molar-refractivity contribution is 0.292. The van der Waals surface area contributed by atoms with Gasteiger partial charge < -0.3 is 20.4 Å². The number of hydrogen-bond acceptors (Lipinski definition) is 7. The number of nitrogens with one attached hydrogen (secondary N) is 1. The van der Waals surface area contributed by atoms with Crippen molar-refractivity contribution in [2.45, 2.75) is 32.7 Å². The van der Waals surface area contributed by atoms with E-state index in [-0.39, 0.29) is 12.0 Å². The van der Waals surface area contributed by atoms with Gasteiger partial charge in [-0.1, -0.05) is 6.92 Å². The lowest BCUT2D eigenvalue weighted by Gasteiger charge is -2.08. The van der Waals surface area contributed by atoms with Crippen LogP contribution in [0.4, 0.5) is 11.9 Å².